The molecule has 4 aliphatic rings. The van der Waals surface area contributed by atoms with Gasteiger partial charge in [0.25, 0.3) is 0 Å². The summed E-state index contributed by atoms with van der Waals surface area (Å²) in [6.07, 6.45) is 4.78. The van der Waals surface area contributed by atoms with Gasteiger partial charge >= 0.3 is 0 Å². The normalized spacial score (nSPS) is 29.8. The van der Waals surface area contributed by atoms with Crippen LogP contribution in [0, 0.1) is 11.6 Å². The van der Waals surface area contributed by atoms with Crippen molar-refractivity contribution >= 4 is 10.0 Å². The Balaban J connectivity index is 1.31. The topological polar surface area (TPSA) is 75.9 Å². The molecule has 2 N–H and O–H groups in total. The summed E-state index contributed by atoms with van der Waals surface area (Å²) in [6, 6.07) is 2.87. The zero-order chi connectivity index (χ0) is 21.8. The highest BCUT2D eigenvalue weighted by molar-refractivity contribution is 7.89. The Morgan fingerprint density at radius 3 is 2.55 bits per heavy atom. The molecule has 1 saturated heterocycles. The SMILES string of the molecule is NC1CC(N2CCC3=C2CCN3S(=O)(=O)C2CCCC2)COC1c1cc(F)ccc1F. The maximum absolute atomic E-state index is 14.2. The van der Waals surface area contributed by atoms with Gasteiger partial charge in [-0.15, -0.1) is 0 Å². The number of ether oxygens (including phenoxy) is 1. The van der Waals surface area contributed by atoms with Crippen molar-refractivity contribution in [1.82, 2.24) is 9.21 Å². The summed E-state index contributed by atoms with van der Waals surface area (Å²) in [5.74, 6) is -1.03. The van der Waals surface area contributed by atoms with Crippen LogP contribution in [0.15, 0.2) is 29.6 Å². The number of nitrogens with zero attached hydrogens (tertiary/aromatic N) is 2. The van der Waals surface area contributed by atoms with E-state index >= 15 is 0 Å². The molecule has 3 aliphatic heterocycles. The van der Waals surface area contributed by atoms with Crippen LogP contribution in [0.5, 0.6) is 0 Å². The summed E-state index contributed by atoms with van der Waals surface area (Å²) >= 11 is 0. The zero-order valence-corrected chi connectivity index (χ0v) is 18.3. The summed E-state index contributed by atoms with van der Waals surface area (Å²) in [5.41, 5.74) is 8.51. The van der Waals surface area contributed by atoms with Gasteiger partial charge in [-0.3, -0.25) is 4.31 Å². The third-order valence-corrected chi connectivity index (χ3v) is 9.59. The van der Waals surface area contributed by atoms with Gasteiger partial charge in [-0.05, 0) is 37.5 Å². The third kappa shape index (κ3) is 3.64. The van der Waals surface area contributed by atoms with E-state index in [4.69, 9.17) is 10.5 Å². The molecule has 31 heavy (non-hydrogen) atoms. The first-order chi connectivity index (χ1) is 14.9. The minimum absolute atomic E-state index is 0.00417. The Kier molecular flexibility index (Phi) is 5.46. The smallest absolute Gasteiger partial charge is 0.237 e. The van der Waals surface area contributed by atoms with Crippen molar-refractivity contribution in [2.45, 2.75) is 68.4 Å². The molecule has 9 heteroatoms. The largest absolute Gasteiger partial charge is 0.370 e. The van der Waals surface area contributed by atoms with E-state index in [1.54, 1.807) is 4.31 Å². The molecule has 0 bridgehead atoms. The fourth-order valence-electron chi connectivity index (χ4n) is 5.73. The first-order valence-electron chi connectivity index (χ1n) is 11.2. The van der Waals surface area contributed by atoms with Gasteiger partial charge in [0.2, 0.25) is 10.0 Å². The van der Waals surface area contributed by atoms with Crippen molar-refractivity contribution in [3.8, 4) is 0 Å². The van der Waals surface area contributed by atoms with Crippen molar-refractivity contribution in [2.75, 3.05) is 19.7 Å². The van der Waals surface area contributed by atoms with Crippen LogP contribution in [-0.2, 0) is 14.8 Å². The maximum Gasteiger partial charge on any atom is 0.237 e. The molecule has 1 aromatic carbocycles. The molecule has 1 aliphatic carbocycles. The first kappa shape index (κ1) is 21.2. The van der Waals surface area contributed by atoms with Crippen LogP contribution >= 0.6 is 0 Å². The molecule has 0 spiro atoms. The fraction of sp³-hybridized carbons (Fsp3) is 0.636. The number of sulfonamides is 1. The molecule has 3 heterocycles. The summed E-state index contributed by atoms with van der Waals surface area (Å²) < 4.78 is 61.7. The molecule has 0 amide bonds. The van der Waals surface area contributed by atoms with E-state index in [1.165, 1.54) is 0 Å². The lowest BCUT2D eigenvalue weighted by molar-refractivity contribution is -0.0432. The number of nitrogens with two attached hydrogens (primary N) is 1. The second kappa shape index (κ2) is 8.01. The lowest BCUT2D eigenvalue weighted by atomic mass is 9.93. The van der Waals surface area contributed by atoms with Crippen LogP contribution in [0.2, 0.25) is 0 Å². The third-order valence-electron chi connectivity index (χ3n) is 7.26. The van der Waals surface area contributed by atoms with Gasteiger partial charge in [-0.2, -0.15) is 0 Å². The molecule has 2 fully saturated rings. The van der Waals surface area contributed by atoms with Gasteiger partial charge in [0.1, 0.15) is 17.7 Å². The molecule has 1 saturated carbocycles. The summed E-state index contributed by atoms with van der Waals surface area (Å²) in [6.45, 7) is 1.60. The highest BCUT2D eigenvalue weighted by atomic mass is 32.2. The van der Waals surface area contributed by atoms with E-state index in [1.807, 2.05) is 0 Å². The van der Waals surface area contributed by atoms with E-state index in [2.05, 4.69) is 4.90 Å². The Labute approximate surface area is 182 Å². The highest BCUT2D eigenvalue weighted by Crippen LogP contribution is 2.42. The number of benzene rings is 1. The fourth-order valence-corrected chi connectivity index (χ4v) is 7.87. The van der Waals surface area contributed by atoms with E-state index < -0.39 is 33.8 Å². The van der Waals surface area contributed by atoms with E-state index in [0.29, 0.717) is 32.4 Å². The second-order valence-electron chi connectivity index (χ2n) is 9.08. The van der Waals surface area contributed by atoms with Gasteiger partial charge in [-0.1, -0.05) is 12.8 Å². The van der Waals surface area contributed by atoms with Crippen LogP contribution in [-0.4, -0.2) is 54.7 Å². The Hall–Kier alpha value is -1.71. The van der Waals surface area contributed by atoms with Crippen molar-refractivity contribution in [1.29, 1.82) is 0 Å². The summed E-state index contributed by atoms with van der Waals surface area (Å²) in [5, 5.41) is -0.248. The predicted octanol–water partition coefficient (Wildman–Crippen LogP) is 3.02. The standard InChI is InChI=1S/C22H29F2N3O3S/c23-14-5-6-18(24)17(11-14)22-19(25)12-15(13-30-22)26-9-7-21-20(26)8-10-27(21)31(28,29)16-3-1-2-4-16/h5-6,11,15-16,19,22H,1-4,7-10,12-13,25H2. The monoisotopic (exact) mass is 453 g/mol. The average molecular weight is 454 g/mol. The molecule has 0 radical (unpaired) electrons. The Morgan fingerprint density at radius 2 is 1.81 bits per heavy atom. The molecular weight excluding hydrogens is 424 g/mol. The molecule has 6 nitrogen and oxygen atoms in total. The highest BCUT2D eigenvalue weighted by Gasteiger charge is 2.44. The van der Waals surface area contributed by atoms with E-state index in [0.717, 1.165) is 61.8 Å². The van der Waals surface area contributed by atoms with Crippen molar-refractivity contribution in [3.63, 3.8) is 0 Å². The van der Waals surface area contributed by atoms with Crippen LogP contribution in [0.1, 0.15) is 56.6 Å². The minimum atomic E-state index is -3.30. The Morgan fingerprint density at radius 1 is 1.06 bits per heavy atom. The van der Waals surface area contributed by atoms with E-state index in [9.17, 15) is 17.2 Å². The van der Waals surface area contributed by atoms with Crippen molar-refractivity contribution < 1.29 is 21.9 Å². The quantitative estimate of drug-likeness (QED) is 0.759. The molecule has 3 unspecified atom stereocenters. The van der Waals surface area contributed by atoms with Crippen LogP contribution in [0.3, 0.4) is 0 Å². The Bertz CT molecular complexity index is 994. The number of halogens is 2. The average Bonchev–Trinajstić information content (AvgIpc) is 3.47. The predicted molar refractivity (Wildman–Crippen MR) is 112 cm³/mol. The van der Waals surface area contributed by atoms with Gasteiger partial charge < -0.3 is 15.4 Å². The van der Waals surface area contributed by atoms with Gasteiger partial charge in [0.05, 0.1) is 17.9 Å². The molecule has 1 aromatic rings. The molecule has 170 valence electrons. The van der Waals surface area contributed by atoms with Gasteiger partial charge in [0, 0.05) is 48.9 Å². The van der Waals surface area contributed by atoms with Gasteiger partial charge in [0.15, 0.2) is 0 Å². The summed E-state index contributed by atoms with van der Waals surface area (Å²) in [4.78, 5) is 2.23. The van der Waals surface area contributed by atoms with Crippen LogP contribution in [0.4, 0.5) is 8.78 Å². The molecule has 0 aromatic heterocycles. The number of rotatable bonds is 4. The minimum Gasteiger partial charge on any atom is -0.370 e. The van der Waals surface area contributed by atoms with Crippen LogP contribution < -0.4 is 5.73 Å². The first-order valence-corrected chi connectivity index (χ1v) is 12.7. The lowest BCUT2D eigenvalue weighted by Crippen LogP contribution is -2.48. The number of hydrogen-bond acceptors (Lipinski definition) is 5. The molecule has 5 rings (SSSR count). The molecular formula is C22H29F2N3O3S. The molecule has 3 atom stereocenters. The lowest BCUT2D eigenvalue weighted by Gasteiger charge is -2.40. The number of hydrogen-bond donors (Lipinski definition) is 1. The van der Waals surface area contributed by atoms with Crippen molar-refractivity contribution in [3.05, 3.63) is 46.8 Å². The van der Waals surface area contributed by atoms with Crippen molar-refractivity contribution in [2.24, 2.45) is 5.73 Å². The maximum atomic E-state index is 14.2. The second-order valence-corrected chi connectivity index (χ2v) is 11.2. The van der Waals surface area contributed by atoms with Crippen LogP contribution in [0.25, 0.3) is 0 Å². The zero-order valence-electron chi connectivity index (χ0n) is 17.5. The van der Waals surface area contributed by atoms with E-state index in [-0.39, 0.29) is 16.9 Å². The van der Waals surface area contributed by atoms with Gasteiger partial charge in [-0.25, -0.2) is 17.2 Å². The summed E-state index contributed by atoms with van der Waals surface area (Å²) in [7, 11) is -3.30.